The molecule has 0 fully saturated rings. The fourth-order valence-electron chi connectivity index (χ4n) is 11.1. The van der Waals surface area contributed by atoms with Gasteiger partial charge in [-0.2, -0.15) is 0 Å². The van der Waals surface area contributed by atoms with E-state index in [0.717, 1.165) is 102 Å². The average Bonchev–Trinajstić information content (AvgIpc) is 1.70. The summed E-state index contributed by atoms with van der Waals surface area (Å²) in [6.45, 7) is 9.57. The highest BCUT2D eigenvalue weighted by molar-refractivity contribution is 7.47. The number of esters is 4. The molecule has 0 heterocycles. The number of phosphoric acid groups is 2. The van der Waals surface area contributed by atoms with E-state index in [2.05, 4.69) is 41.5 Å². The molecule has 0 bridgehead atoms. The molecule has 0 radical (unpaired) electrons. The van der Waals surface area contributed by atoms with E-state index in [1.807, 2.05) is 0 Å². The van der Waals surface area contributed by atoms with Crippen LogP contribution in [0.1, 0.15) is 375 Å². The fourth-order valence-corrected chi connectivity index (χ4v) is 12.7. The minimum absolute atomic E-state index is 0.105. The first-order chi connectivity index (χ1) is 44.4. The van der Waals surface area contributed by atoms with Gasteiger partial charge in [0.15, 0.2) is 12.2 Å². The summed E-state index contributed by atoms with van der Waals surface area (Å²) in [6.07, 6.45) is 51.2. The number of carbonyl (C=O) groups excluding carboxylic acids is 4. The van der Waals surface area contributed by atoms with Crippen LogP contribution in [0.4, 0.5) is 0 Å². The average molecular weight is 1350 g/mol. The van der Waals surface area contributed by atoms with Crippen molar-refractivity contribution in [2.75, 3.05) is 39.6 Å². The lowest BCUT2D eigenvalue weighted by atomic mass is 9.99. The van der Waals surface area contributed by atoms with E-state index in [4.69, 9.17) is 37.0 Å². The first-order valence-corrected chi connectivity index (χ1v) is 41.0. The second-order valence-corrected chi connectivity index (χ2v) is 30.0. The van der Waals surface area contributed by atoms with E-state index in [-0.39, 0.29) is 25.7 Å². The highest BCUT2D eigenvalue weighted by atomic mass is 31.2. The first-order valence-electron chi connectivity index (χ1n) is 38.0. The lowest BCUT2D eigenvalue weighted by Gasteiger charge is -2.21. The van der Waals surface area contributed by atoms with E-state index in [0.29, 0.717) is 25.7 Å². The molecule has 3 N–H and O–H groups in total. The van der Waals surface area contributed by atoms with Crippen molar-refractivity contribution in [1.29, 1.82) is 0 Å². The molecule has 0 rings (SSSR count). The predicted octanol–water partition coefficient (Wildman–Crippen LogP) is 21.2. The summed E-state index contributed by atoms with van der Waals surface area (Å²) < 4.78 is 68.4. The molecule has 19 heteroatoms. The molecule has 0 aliphatic carbocycles. The molecule has 0 aliphatic heterocycles. The molecule has 0 amide bonds. The summed E-state index contributed by atoms with van der Waals surface area (Å²) in [6, 6.07) is 0. The van der Waals surface area contributed by atoms with Crippen molar-refractivity contribution in [3.63, 3.8) is 0 Å². The summed E-state index contributed by atoms with van der Waals surface area (Å²) >= 11 is 0. The Bertz CT molecular complexity index is 1790. The van der Waals surface area contributed by atoms with Gasteiger partial charge in [-0.3, -0.25) is 37.3 Å². The van der Waals surface area contributed by atoms with Gasteiger partial charge < -0.3 is 33.8 Å². The van der Waals surface area contributed by atoms with E-state index in [9.17, 15) is 43.2 Å². The number of hydrogen-bond acceptors (Lipinski definition) is 15. The zero-order valence-corrected chi connectivity index (χ0v) is 61.6. The van der Waals surface area contributed by atoms with Crippen LogP contribution >= 0.6 is 15.6 Å². The van der Waals surface area contributed by atoms with Crippen molar-refractivity contribution in [1.82, 2.24) is 0 Å². The third-order valence-corrected chi connectivity index (χ3v) is 19.2. The number of hydrogen-bond donors (Lipinski definition) is 3. The van der Waals surface area contributed by atoms with Gasteiger partial charge in [0.05, 0.1) is 26.4 Å². The standard InChI is InChI=1S/C73H142O17P2/c1-7-10-12-14-16-18-19-20-21-24-27-31-38-44-50-56-71(76)84-62-68(89-72(77)57-51-45-39-32-28-25-22-23-26-30-35-41-47-53-65(4)5)63-87-91(79,80)85-59-67(74)60-86-92(81,82)88-64-69(61-83-70(75)55-49-43-37-29-17-15-13-11-8-2)90-73(78)58-52-46-40-34-33-36-42-48-54-66(6)9-3/h65-69,74H,7-64H2,1-6H3,(H,79,80)(H,81,82)/t66?,67-,68-,69-/m1/s1. The van der Waals surface area contributed by atoms with Crippen LogP contribution in [0, 0.1) is 11.8 Å². The molecule has 0 saturated heterocycles. The number of phosphoric ester groups is 2. The molecule has 0 aromatic carbocycles. The molecule has 17 nitrogen and oxygen atoms in total. The molecule has 6 atom stereocenters. The monoisotopic (exact) mass is 1350 g/mol. The Hall–Kier alpha value is -1.94. The fraction of sp³-hybridized carbons (Fsp3) is 0.945. The smallest absolute Gasteiger partial charge is 0.462 e. The van der Waals surface area contributed by atoms with Crippen molar-refractivity contribution < 1.29 is 80.2 Å². The summed E-state index contributed by atoms with van der Waals surface area (Å²) in [4.78, 5) is 72.6. The van der Waals surface area contributed by atoms with Crippen LogP contribution in [0.5, 0.6) is 0 Å². The summed E-state index contributed by atoms with van der Waals surface area (Å²) in [7, 11) is -9.90. The van der Waals surface area contributed by atoms with E-state index >= 15 is 0 Å². The summed E-state index contributed by atoms with van der Waals surface area (Å²) in [5.74, 6) is -0.564. The minimum atomic E-state index is -4.95. The van der Waals surface area contributed by atoms with Crippen LogP contribution in [-0.4, -0.2) is 96.7 Å². The molecule has 0 spiro atoms. The van der Waals surface area contributed by atoms with E-state index in [1.165, 1.54) is 193 Å². The second-order valence-electron chi connectivity index (χ2n) is 27.1. The molecule has 0 saturated carbocycles. The topological polar surface area (TPSA) is 237 Å². The lowest BCUT2D eigenvalue weighted by molar-refractivity contribution is -0.161. The molecule has 3 unspecified atom stereocenters. The molecular formula is C73H142O17P2. The van der Waals surface area contributed by atoms with Crippen LogP contribution in [0.25, 0.3) is 0 Å². The van der Waals surface area contributed by atoms with Crippen LogP contribution in [0.2, 0.25) is 0 Å². The maximum absolute atomic E-state index is 13.1. The number of rotatable bonds is 72. The lowest BCUT2D eigenvalue weighted by Crippen LogP contribution is -2.30. The quantitative estimate of drug-likeness (QED) is 0.0222. The van der Waals surface area contributed by atoms with Gasteiger partial charge in [0.25, 0.3) is 0 Å². The van der Waals surface area contributed by atoms with Gasteiger partial charge in [0.2, 0.25) is 0 Å². The third kappa shape index (κ3) is 65.4. The number of ether oxygens (including phenoxy) is 4. The van der Waals surface area contributed by atoms with Gasteiger partial charge in [-0.25, -0.2) is 9.13 Å². The Morgan fingerprint density at radius 2 is 0.554 bits per heavy atom. The van der Waals surface area contributed by atoms with Crippen molar-refractivity contribution in [2.24, 2.45) is 11.8 Å². The molecule has 92 heavy (non-hydrogen) atoms. The Morgan fingerprint density at radius 1 is 0.315 bits per heavy atom. The van der Waals surface area contributed by atoms with E-state index in [1.54, 1.807) is 0 Å². The van der Waals surface area contributed by atoms with Crippen molar-refractivity contribution in [2.45, 2.75) is 394 Å². The van der Waals surface area contributed by atoms with Crippen LogP contribution < -0.4 is 0 Å². The summed E-state index contributed by atoms with van der Waals surface area (Å²) in [5, 5.41) is 10.6. The van der Waals surface area contributed by atoms with Gasteiger partial charge >= 0.3 is 39.5 Å². The largest absolute Gasteiger partial charge is 0.472 e. The predicted molar refractivity (Wildman–Crippen MR) is 372 cm³/mol. The second kappa shape index (κ2) is 65.0. The van der Waals surface area contributed by atoms with Crippen LogP contribution in [-0.2, 0) is 65.4 Å². The van der Waals surface area contributed by atoms with Crippen molar-refractivity contribution >= 4 is 39.5 Å². The SMILES string of the molecule is CCCCCCCCCCCCCCCCCC(=O)OC[C@H](COP(=O)(O)OC[C@@H](O)COP(=O)(O)OC[C@@H](COC(=O)CCCCCCCCCCC)OC(=O)CCCCCCCCCCC(C)CC)OC(=O)CCCCCCCCCCCCCCCC(C)C. The van der Waals surface area contributed by atoms with Gasteiger partial charge in [-0.15, -0.1) is 0 Å². The normalized spacial score (nSPS) is 14.4. The number of aliphatic hydroxyl groups excluding tert-OH is 1. The maximum atomic E-state index is 13.1. The number of unbranched alkanes of at least 4 members (excludes halogenated alkanes) is 41. The Morgan fingerprint density at radius 3 is 0.826 bits per heavy atom. The van der Waals surface area contributed by atoms with E-state index < -0.39 is 97.5 Å². The van der Waals surface area contributed by atoms with Crippen molar-refractivity contribution in [3.05, 3.63) is 0 Å². The summed E-state index contributed by atoms with van der Waals surface area (Å²) in [5.41, 5.74) is 0. The van der Waals surface area contributed by atoms with Crippen LogP contribution in [0.15, 0.2) is 0 Å². The number of aliphatic hydroxyl groups is 1. The number of carbonyl (C=O) groups is 4. The highest BCUT2D eigenvalue weighted by Crippen LogP contribution is 2.45. The van der Waals surface area contributed by atoms with Crippen LogP contribution in [0.3, 0.4) is 0 Å². The molecule has 0 aromatic rings. The van der Waals surface area contributed by atoms with Gasteiger partial charge in [-0.1, -0.05) is 324 Å². The first kappa shape index (κ1) is 90.1. The molecular weight excluding hydrogens is 1210 g/mol. The Labute approximate surface area is 562 Å². The van der Waals surface area contributed by atoms with Gasteiger partial charge in [-0.05, 0) is 37.5 Å². The maximum Gasteiger partial charge on any atom is 0.472 e. The Balaban J connectivity index is 5.24. The van der Waals surface area contributed by atoms with Gasteiger partial charge in [0, 0.05) is 25.7 Å². The molecule has 546 valence electrons. The highest BCUT2D eigenvalue weighted by Gasteiger charge is 2.30. The minimum Gasteiger partial charge on any atom is -0.462 e. The zero-order valence-electron chi connectivity index (χ0n) is 59.9. The molecule has 0 aliphatic rings. The Kier molecular flexibility index (Phi) is 63.7. The van der Waals surface area contributed by atoms with Crippen molar-refractivity contribution in [3.8, 4) is 0 Å². The van der Waals surface area contributed by atoms with Gasteiger partial charge in [0.1, 0.15) is 19.3 Å². The molecule has 0 aromatic heterocycles. The zero-order chi connectivity index (χ0) is 67.9. The third-order valence-electron chi connectivity index (χ3n) is 17.3.